The topological polar surface area (TPSA) is 82.8 Å². The molecule has 1 spiro atoms. The van der Waals surface area contributed by atoms with Crippen molar-refractivity contribution in [2.24, 2.45) is 17.3 Å². The van der Waals surface area contributed by atoms with Gasteiger partial charge in [-0.05, 0) is 37.2 Å². The van der Waals surface area contributed by atoms with Gasteiger partial charge in [-0.25, -0.2) is 0 Å². The van der Waals surface area contributed by atoms with Gasteiger partial charge in [0.05, 0.1) is 17.7 Å². The van der Waals surface area contributed by atoms with Crippen LogP contribution in [0, 0.1) is 17.3 Å². The Morgan fingerprint density at radius 3 is 2.38 bits per heavy atom. The van der Waals surface area contributed by atoms with Gasteiger partial charge in [-0.1, -0.05) is 69.4 Å². The molecule has 2 saturated carbocycles. The van der Waals surface area contributed by atoms with Crippen molar-refractivity contribution in [3.8, 4) is 11.1 Å². The monoisotopic (exact) mass is 533 g/mol. The van der Waals surface area contributed by atoms with E-state index in [1.54, 1.807) is 20.3 Å². The Morgan fingerprint density at radius 2 is 1.77 bits per heavy atom. The lowest BCUT2D eigenvalue weighted by molar-refractivity contribution is -0.163. The minimum absolute atomic E-state index is 0.00713. The minimum atomic E-state index is -1.13. The summed E-state index contributed by atoms with van der Waals surface area (Å²) in [5.41, 5.74) is 0.0272. The van der Waals surface area contributed by atoms with Crippen molar-refractivity contribution in [1.82, 2.24) is 14.4 Å². The molecule has 0 bridgehead atoms. The standard InChI is InChI=1S/C32H43N3O4/c1-23(18-24-10-9-11-24)29(37)34-17-16-32(39,31(21-34)14-7-8-15-31)22-35-20-27(30(38)33(2)3)26(19-28(35)36)25-12-5-4-6-13-25/h4-6,12-13,19-20,23-24,39H,7-11,14-18,21-22H2,1-3H3/t23?,32-/m0/s1. The van der Waals surface area contributed by atoms with Crippen LogP contribution in [0.4, 0.5) is 0 Å². The Balaban J connectivity index is 1.43. The zero-order valence-electron chi connectivity index (χ0n) is 23.7. The summed E-state index contributed by atoms with van der Waals surface area (Å²) in [6.07, 6.45) is 10.5. The summed E-state index contributed by atoms with van der Waals surface area (Å²) in [7, 11) is 3.40. The van der Waals surface area contributed by atoms with E-state index in [4.69, 9.17) is 0 Å². The molecule has 210 valence electrons. The Hall–Kier alpha value is -2.93. The van der Waals surface area contributed by atoms with E-state index in [1.807, 2.05) is 35.2 Å². The summed E-state index contributed by atoms with van der Waals surface area (Å²) in [6.45, 7) is 3.21. The zero-order valence-corrected chi connectivity index (χ0v) is 23.7. The van der Waals surface area contributed by atoms with E-state index in [2.05, 4.69) is 6.92 Å². The SMILES string of the molecule is CC(CC1CCC1)C(=O)N1CC[C@](O)(Cn2cc(C(=O)N(C)C)c(-c3ccccc3)cc2=O)C2(CCCC2)C1. The van der Waals surface area contributed by atoms with E-state index >= 15 is 0 Å². The largest absolute Gasteiger partial charge is 0.387 e. The lowest BCUT2D eigenvalue weighted by atomic mass is 9.65. The molecule has 7 nitrogen and oxygen atoms in total. The summed E-state index contributed by atoms with van der Waals surface area (Å²) in [4.78, 5) is 43.6. The maximum atomic E-state index is 13.4. The van der Waals surface area contributed by atoms with Crippen LogP contribution in [0.15, 0.2) is 47.4 Å². The number of hydrogen-bond acceptors (Lipinski definition) is 4. The molecule has 2 heterocycles. The van der Waals surface area contributed by atoms with E-state index in [-0.39, 0.29) is 29.8 Å². The van der Waals surface area contributed by atoms with Gasteiger partial charge in [0, 0.05) is 56.3 Å². The van der Waals surface area contributed by atoms with Crippen LogP contribution in [0.2, 0.25) is 0 Å². The van der Waals surface area contributed by atoms with Gasteiger partial charge < -0.3 is 19.5 Å². The summed E-state index contributed by atoms with van der Waals surface area (Å²) in [6, 6.07) is 11.0. The highest BCUT2D eigenvalue weighted by molar-refractivity contribution is 6.00. The first-order chi connectivity index (χ1) is 18.6. The van der Waals surface area contributed by atoms with Crippen LogP contribution in [0.3, 0.4) is 0 Å². The molecule has 39 heavy (non-hydrogen) atoms. The van der Waals surface area contributed by atoms with Crippen LogP contribution >= 0.6 is 0 Å². The van der Waals surface area contributed by atoms with Crippen LogP contribution in [-0.2, 0) is 11.3 Å². The molecule has 0 radical (unpaired) electrons. The first kappa shape index (κ1) is 27.6. The molecular formula is C32H43N3O4. The Kier molecular flexibility index (Phi) is 7.73. The van der Waals surface area contributed by atoms with Gasteiger partial charge in [0.25, 0.3) is 11.5 Å². The fraction of sp³-hybridized carbons (Fsp3) is 0.594. The van der Waals surface area contributed by atoms with Crippen LogP contribution in [0.1, 0.15) is 75.1 Å². The first-order valence-corrected chi connectivity index (χ1v) is 14.7. The predicted octanol–water partition coefficient (Wildman–Crippen LogP) is 4.57. The maximum absolute atomic E-state index is 13.4. The molecule has 3 aliphatic rings. The maximum Gasteiger partial charge on any atom is 0.255 e. The van der Waals surface area contributed by atoms with Gasteiger partial charge in [0.15, 0.2) is 0 Å². The number of piperidine rings is 1. The van der Waals surface area contributed by atoms with E-state index in [0.29, 0.717) is 36.6 Å². The van der Waals surface area contributed by atoms with Crippen molar-refractivity contribution in [2.45, 2.75) is 76.9 Å². The lowest BCUT2D eigenvalue weighted by Crippen LogP contribution is -2.62. The van der Waals surface area contributed by atoms with Crippen molar-refractivity contribution < 1.29 is 14.7 Å². The number of aromatic nitrogens is 1. The van der Waals surface area contributed by atoms with E-state index in [1.165, 1.54) is 34.8 Å². The predicted molar refractivity (Wildman–Crippen MR) is 152 cm³/mol. The van der Waals surface area contributed by atoms with Gasteiger partial charge in [-0.2, -0.15) is 0 Å². The third-order valence-electron chi connectivity index (χ3n) is 9.76. The van der Waals surface area contributed by atoms with Gasteiger partial charge >= 0.3 is 0 Å². The minimum Gasteiger partial charge on any atom is -0.387 e. The number of hydrogen-bond donors (Lipinski definition) is 1. The van der Waals surface area contributed by atoms with E-state index in [0.717, 1.165) is 37.7 Å². The summed E-state index contributed by atoms with van der Waals surface area (Å²) in [5, 5.41) is 12.3. The highest BCUT2D eigenvalue weighted by atomic mass is 16.3. The molecule has 1 aromatic carbocycles. The molecule has 2 aliphatic carbocycles. The van der Waals surface area contributed by atoms with Crippen molar-refractivity contribution in [2.75, 3.05) is 27.2 Å². The molecule has 3 fully saturated rings. The van der Waals surface area contributed by atoms with Gasteiger partial charge in [-0.3, -0.25) is 14.4 Å². The van der Waals surface area contributed by atoms with E-state index < -0.39 is 11.0 Å². The Bertz CT molecular complexity index is 1260. The van der Waals surface area contributed by atoms with Gasteiger partial charge in [-0.15, -0.1) is 0 Å². The number of carbonyl (C=O) groups excluding carboxylic acids is 2. The van der Waals surface area contributed by atoms with Crippen LogP contribution in [0.5, 0.6) is 0 Å². The molecule has 5 rings (SSSR count). The summed E-state index contributed by atoms with van der Waals surface area (Å²) in [5.74, 6) is 0.702. The molecule has 1 aliphatic heterocycles. The fourth-order valence-corrected chi connectivity index (χ4v) is 7.17. The average Bonchev–Trinajstić information content (AvgIpc) is 3.38. The smallest absolute Gasteiger partial charge is 0.255 e. The van der Waals surface area contributed by atoms with Crippen LogP contribution in [-0.4, -0.2) is 64.1 Å². The first-order valence-electron chi connectivity index (χ1n) is 14.7. The molecule has 2 amide bonds. The quantitative estimate of drug-likeness (QED) is 0.565. The van der Waals surface area contributed by atoms with Crippen molar-refractivity contribution in [1.29, 1.82) is 0 Å². The molecule has 1 N–H and O–H groups in total. The molecule has 1 aromatic heterocycles. The number of amides is 2. The van der Waals surface area contributed by atoms with Crippen molar-refractivity contribution in [3.05, 3.63) is 58.5 Å². The average molecular weight is 534 g/mol. The zero-order chi connectivity index (χ0) is 27.8. The summed E-state index contributed by atoms with van der Waals surface area (Å²) >= 11 is 0. The van der Waals surface area contributed by atoms with Crippen molar-refractivity contribution >= 4 is 11.8 Å². The third-order valence-corrected chi connectivity index (χ3v) is 9.76. The molecule has 2 aromatic rings. The normalized spacial score (nSPS) is 23.4. The number of aliphatic hydroxyl groups is 1. The van der Waals surface area contributed by atoms with Gasteiger partial charge in [0.1, 0.15) is 0 Å². The fourth-order valence-electron chi connectivity index (χ4n) is 7.17. The highest BCUT2D eigenvalue weighted by Gasteiger charge is 2.55. The summed E-state index contributed by atoms with van der Waals surface area (Å²) < 4.78 is 1.53. The van der Waals surface area contributed by atoms with Crippen molar-refractivity contribution in [3.63, 3.8) is 0 Å². The third kappa shape index (κ3) is 5.30. The Labute approximate surface area is 231 Å². The molecule has 7 heteroatoms. The molecular weight excluding hydrogens is 490 g/mol. The lowest BCUT2D eigenvalue weighted by Gasteiger charge is -2.53. The molecule has 1 unspecified atom stereocenters. The number of benzene rings is 1. The second kappa shape index (κ2) is 10.9. The number of likely N-dealkylation sites (tertiary alicyclic amines) is 1. The number of pyridine rings is 1. The number of carbonyl (C=O) groups is 2. The molecule has 1 saturated heterocycles. The van der Waals surface area contributed by atoms with Gasteiger partial charge in [0.2, 0.25) is 5.91 Å². The Morgan fingerprint density at radius 1 is 1.08 bits per heavy atom. The number of rotatable bonds is 7. The second-order valence-corrected chi connectivity index (χ2v) is 12.6. The van der Waals surface area contributed by atoms with Crippen LogP contribution in [0.25, 0.3) is 11.1 Å². The second-order valence-electron chi connectivity index (χ2n) is 12.6. The van der Waals surface area contributed by atoms with E-state index in [9.17, 15) is 19.5 Å². The molecule has 2 atom stereocenters. The highest BCUT2D eigenvalue weighted by Crippen LogP contribution is 2.52. The number of nitrogens with zero attached hydrogens (tertiary/aromatic N) is 3. The van der Waals surface area contributed by atoms with Crippen LogP contribution < -0.4 is 5.56 Å².